The normalized spacial score (nSPS) is 10.2. The molecule has 0 fully saturated rings. The predicted molar refractivity (Wildman–Crippen MR) is 54.2 cm³/mol. The second-order valence-corrected chi connectivity index (χ2v) is 3.25. The van der Waals surface area contributed by atoms with Crippen LogP contribution in [-0.2, 0) is 16.0 Å². The fraction of sp³-hybridized carbons (Fsp3) is 0.364. The molecule has 0 radical (unpaired) electrons. The van der Waals surface area contributed by atoms with Crippen LogP contribution in [0.15, 0.2) is 6.07 Å². The molecule has 0 atom stereocenters. The molecule has 0 aliphatic rings. The van der Waals surface area contributed by atoms with Crippen LogP contribution in [0.25, 0.3) is 0 Å². The van der Waals surface area contributed by atoms with Crippen molar-refractivity contribution in [3.63, 3.8) is 0 Å². The molecule has 18 heavy (non-hydrogen) atoms. The number of hydrogen-bond acceptors (Lipinski definition) is 4. The third-order valence-electron chi connectivity index (χ3n) is 2.06. The molecule has 7 heteroatoms. The van der Waals surface area contributed by atoms with Crippen molar-refractivity contribution in [2.75, 3.05) is 6.61 Å². The lowest BCUT2D eigenvalue weighted by atomic mass is 10.1. The number of ether oxygens (including phenoxy) is 1. The van der Waals surface area contributed by atoms with E-state index in [1.54, 1.807) is 6.92 Å². The van der Waals surface area contributed by atoms with Crippen LogP contribution in [0.5, 0.6) is 0 Å². The molecule has 0 spiro atoms. The molecule has 1 aromatic rings. The molecule has 0 saturated heterocycles. The van der Waals surface area contributed by atoms with E-state index in [0.29, 0.717) is 6.07 Å². The average molecular weight is 258 g/mol. The van der Waals surface area contributed by atoms with Crippen LogP contribution in [0.2, 0.25) is 0 Å². The summed E-state index contributed by atoms with van der Waals surface area (Å²) >= 11 is 0. The van der Waals surface area contributed by atoms with E-state index in [0.717, 1.165) is 0 Å². The molecule has 4 nitrogen and oxygen atoms in total. The molecule has 0 saturated carbocycles. The zero-order valence-electron chi connectivity index (χ0n) is 9.41. The Morgan fingerprint density at radius 2 is 2.28 bits per heavy atom. The Hall–Kier alpha value is -2.10. The van der Waals surface area contributed by atoms with E-state index in [4.69, 9.17) is 5.26 Å². The number of rotatable bonds is 4. The molecule has 0 N–H and O–H groups in total. The van der Waals surface area contributed by atoms with E-state index in [1.807, 2.05) is 0 Å². The minimum absolute atomic E-state index is 0.0950. The summed E-state index contributed by atoms with van der Waals surface area (Å²) in [6.07, 6.45) is -3.54. The number of pyridine rings is 1. The van der Waals surface area contributed by atoms with E-state index < -0.39 is 35.9 Å². The average Bonchev–Trinajstić information content (AvgIpc) is 2.28. The van der Waals surface area contributed by atoms with Crippen molar-refractivity contribution in [3.8, 4) is 6.07 Å². The van der Waals surface area contributed by atoms with E-state index >= 15 is 0 Å². The Balaban J connectivity index is 3.18. The van der Waals surface area contributed by atoms with Crippen molar-refractivity contribution in [3.05, 3.63) is 28.8 Å². The first-order chi connectivity index (χ1) is 8.49. The smallest absolute Gasteiger partial charge is 0.311 e. The molecule has 0 bridgehead atoms. The number of halogens is 3. The lowest BCUT2D eigenvalue weighted by Crippen LogP contribution is -2.12. The van der Waals surface area contributed by atoms with Crippen molar-refractivity contribution < 1.29 is 22.7 Å². The summed E-state index contributed by atoms with van der Waals surface area (Å²) in [6, 6.07) is 1.99. The second kappa shape index (κ2) is 6.00. The fourth-order valence-corrected chi connectivity index (χ4v) is 1.36. The maximum absolute atomic E-state index is 13.0. The summed E-state index contributed by atoms with van der Waals surface area (Å²) in [5.41, 5.74) is -1.60. The molecule has 0 aliphatic heterocycles. The van der Waals surface area contributed by atoms with Gasteiger partial charge in [-0.3, -0.25) is 4.79 Å². The number of esters is 1. The van der Waals surface area contributed by atoms with Crippen molar-refractivity contribution in [2.45, 2.75) is 19.8 Å². The van der Waals surface area contributed by atoms with Crippen LogP contribution in [-0.4, -0.2) is 17.6 Å². The number of alkyl halides is 2. The van der Waals surface area contributed by atoms with Crippen LogP contribution in [0.3, 0.4) is 0 Å². The van der Waals surface area contributed by atoms with E-state index in [1.165, 1.54) is 6.07 Å². The van der Waals surface area contributed by atoms with Crippen LogP contribution < -0.4 is 0 Å². The molecule has 0 unspecified atom stereocenters. The Morgan fingerprint density at radius 3 is 2.78 bits per heavy atom. The number of carbonyl (C=O) groups excluding carboxylic acids is 1. The zero-order chi connectivity index (χ0) is 13.7. The number of carbonyl (C=O) groups is 1. The SMILES string of the molecule is CCOC(=O)Cc1nc(F)cc(C(F)F)c1C#N. The first kappa shape index (κ1) is 14.0. The number of hydrogen-bond donors (Lipinski definition) is 0. The molecule has 0 amide bonds. The van der Waals surface area contributed by atoms with Crippen molar-refractivity contribution in [1.29, 1.82) is 5.26 Å². The third kappa shape index (κ3) is 3.20. The molecule has 0 aliphatic carbocycles. The Morgan fingerprint density at radius 1 is 1.61 bits per heavy atom. The van der Waals surface area contributed by atoms with Crippen molar-refractivity contribution in [1.82, 2.24) is 4.98 Å². The van der Waals surface area contributed by atoms with Gasteiger partial charge in [0.05, 0.1) is 24.3 Å². The first-order valence-electron chi connectivity index (χ1n) is 5.02. The topological polar surface area (TPSA) is 63.0 Å². The summed E-state index contributed by atoms with van der Waals surface area (Å²) in [5, 5.41) is 8.78. The van der Waals surface area contributed by atoms with E-state index in [-0.39, 0.29) is 12.3 Å². The summed E-state index contributed by atoms with van der Waals surface area (Å²) in [7, 11) is 0. The molecular formula is C11H9F3N2O2. The lowest BCUT2D eigenvalue weighted by Gasteiger charge is -2.08. The van der Waals surface area contributed by atoms with Gasteiger partial charge in [0.15, 0.2) is 0 Å². The van der Waals surface area contributed by atoms with E-state index in [9.17, 15) is 18.0 Å². The van der Waals surface area contributed by atoms with Gasteiger partial charge < -0.3 is 4.74 Å². The zero-order valence-corrected chi connectivity index (χ0v) is 9.41. The Bertz CT molecular complexity index is 498. The lowest BCUT2D eigenvalue weighted by molar-refractivity contribution is -0.142. The van der Waals surface area contributed by atoms with E-state index in [2.05, 4.69) is 9.72 Å². The number of aromatic nitrogens is 1. The van der Waals surface area contributed by atoms with Gasteiger partial charge in [0.1, 0.15) is 6.07 Å². The summed E-state index contributed by atoms with van der Waals surface area (Å²) in [6.45, 7) is 1.66. The minimum Gasteiger partial charge on any atom is -0.466 e. The van der Waals surface area contributed by atoms with Gasteiger partial charge in [-0.1, -0.05) is 0 Å². The molecule has 0 aromatic carbocycles. The predicted octanol–water partition coefficient (Wildman–Crippen LogP) is 2.14. The number of nitrogens with zero attached hydrogens (tertiary/aromatic N) is 2. The highest BCUT2D eigenvalue weighted by Crippen LogP contribution is 2.25. The molecule has 1 rings (SSSR count). The van der Waals surface area contributed by atoms with Gasteiger partial charge in [-0.15, -0.1) is 0 Å². The molecule has 1 heterocycles. The Labute approximate surface area is 101 Å². The monoisotopic (exact) mass is 258 g/mol. The van der Waals surface area contributed by atoms with Crippen LogP contribution in [0.4, 0.5) is 13.2 Å². The molecular weight excluding hydrogens is 249 g/mol. The summed E-state index contributed by atoms with van der Waals surface area (Å²) < 4.78 is 42.8. The van der Waals surface area contributed by atoms with Gasteiger partial charge in [0.2, 0.25) is 5.95 Å². The van der Waals surface area contributed by atoms with Crippen molar-refractivity contribution >= 4 is 5.97 Å². The van der Waals surface area contributed by atoms with Gasteiger partial charge >= 0.3 is 5.97 Å². The molecule has 96 valence electrons. The maximum atomic E-state index is 13.0. The minimum atomic E-state index is -3.02. The van der Waals surface area contributed by atoms with Crippen LogP contribution in [0, 0.1) is 17.3 Å². The largest absolute Gasteiger partial charge is 0.466 e. The van der Waals surface area contributed by atoms with Gasteiger partial charge in [0.25, 0.3) is 6.43 Å². The van der Waals surface area contributed by atoms with Gasteiger partial charge in [0, 0.05) is 11.6 Å². The second-order valence-electron chi connectivity index (χ2n) is 3.25. The van der Waals surface area contributed by atoms with Gasteiger partial charge in [-0.25, -0.2) is 13.8 Å². The highest BCUT2D eigenvalue weighted by molar-refractivity contribution is 5.73. The van der Waals surface area contributed by atoms with Gasteiger partial charge in [-0.2, -0.15) is 9.65 Å². The Kier molecular flexibility index (Phi) is 4.66. The summed E-state index contributed by atoms with van der Waals surface area (Å²) in [4.78, 5) is 14.5. The third-order valence-corrected chi connectivity index (χ3v) is 2.06. The van der Waals surface area contributed by atoms with Crippen molar-refractivity contribution in [2.24, 2.45) is 0 Å². The van der Waals surface area contributed by atoms with Gasteiger partial charge in [-0.05, 0) is 6.92 Å². The van der Waals surface area contributed by atoms with Crippen LogP contribution in [0.1, 0.15) is 30.2 Å². The summed E-state index contributed by atoms with van der Waals surface area (Å²) in [5.74, 6) is -1.92. The fourth-order valence-electron chi connectivity index (χ4n) is 1.36. The molecule has 1 aromatic heterocycles. The van der Waals surface area contributed by atoms with Crippen LogP contribution >= 0.6 is 0 Å². The highest BCUT2D eigenvalue weighted by atomic mass is 19.3. The highest BCUT2D eigenvalue weighted by Gasteiger charge is 2.21. The maximum Gasteiger partial charge on any atom is 0.311 e. The first-order valence-corrected chi connectivity index (χ1v) is 5.02. The standard InChI is InChI=1S/C11H9F3N2O2/c1-2-18-10(17)4-8-7(5-15)6(11(13)14)3-9(12)16-8/h3,11H,2,4H2,1H3. The quantitative estimate of drug-likeness (QED) is 0.613. The number of nitriles is 1.